The molecule has 1 saturated carbocycles. The number of hydrogen-bond donors (Lipinski definition) is 3. The molecule has 1 saturated heterocycles. The third kappa shape index (κ3) is 17.5. The molecule has 8 nitrogen and oxygen atoms in total. The Labute approximate surface area is 287 Å². The lowest BCUT2D eigenvalue weighted by Gasteiger charge is -2.45. The Morgan fingerprint density at radius 2 is 1.40 bits per heavy atom. The van der Waals surface area contributed by atoms with E-state index in [0.29, 0.717) is 19.4 Å². The van der Waals surface area contributed by atoms with Crippen molar-refractivity contribution >= 4 is 17.8 Å². The van der Waals surface area contributed by atoms with E-state index in [2.05, 4.69) is 24.5 Å². The van der Waals surface area contributed by atoms with Gasteiger partial charge < -0.3 is 25.2 Å². The van der Waals surface area contributed by atoms with Crippen LogP contribution in [0.3, 0.4) is 0 Å². The molecule has 5 unspecified atom stereocenters. The Hall–Kier alpha value is -1.67. The maximum absolute atomic E-state index is 13.4. The van der Waals surface area contributed by atoms with Crippen molar-refractivity contribution in [3.63, 3.8) is 0 Å². The van der Waals surface area contributed by atoms with E-state index in [4.69, 9.17) is 9.47 Å². The van der Waals surface area contributed by atoms with Gasteiger partial charge in [-0.05, 0) is 51.4 Å². The summed E-state index contributed by atoms with van der Waals surface area (Å²) in [6.07, 6.45) is 23.9. The Kier molecular flexibility index (Phi) is 19.5. The number of carbonyl (C=O) groups is 3. The standard InChI is InChI=1S/C39H72N2O6/c1-7-22-30(2)23-19-17-15-13-11-9-8-10-12-14-16-18-20-26-34(42)40-32-25-21-24-31(27-32)33(28-35(43)44)41-37(45)36-38(3,4)29-46-39(5,6)47-36/h30-33,36H,7-29H2,1-6H3,(H,40,42)(H,41,45)(H,43,44). The van der Waals surface area contributed by atoms with Crippen molar-refractivity contribution < 1.29 is 29.0 Å². The van der Waals surface area contributed by atoms with Crippen LogP contribution in [0.25, 0.3) is 0 Å². The largest absolute Gasteiger partial charge is 0.481 e. The van der Waals surface area contributed by atoms with Crippen molar-refractivity contribution in [3.8, 4) is 0 Å². The van der Waals surface area contributed by atoms with E-state index in [-0.39, 0.29) is 30.2 Å². The first-order chi connectivity index (χ1) is 22.3. The number of carboxylic acid groups (broad SMARTS) is 1. The van der Waals surface area contributed by atoms with Gasteiger partial charge in [0, 0.05) is 23.9 Å². The molecule has 0 radical (unpaired) electrons. The van der Waals surface area contributed by atoms with Gasteiger partial charge in [0.25, 0.3) is 0 Å². The molecular weight excluding hydrogens is 592 g/mol. The Morgan fingerprint density at radius 3 is 1.98 bits per heavy atom. The molecular formula is C39H72N2O6. The van der Waals surface area contributed by atoms with Crippen molar-refractivity contribution in [2.75, 3.05) is 6.61 Å². The number of aliphatic carboxylic acids is 1. The Bertz CT molecular complexity index is 906. The molecule has 274 valence electrons. The quantitative estimate of drug-likeness (QED) is 0.0887. The molecule has 8 heteroatoms. The van der Waals surface area contributed by atoms with E-state index in [0.717, 1.165) is 38.0 Å². The molecule has 0 aromatic rings. The summed E-state index contributed by atoms with van der Waals surface area (Å²) < 4.78 is 11.7. The monoisotopic (exact) mass is 665 g/mol. The highest BCUT2D eigenvalue weighted by Gasteiger charge is 2.46. The van der Waals surface area contributed by atoms with E-state index in [1.807, 2.05) is 13.8 Å². The molecule has 2 fully saturated rings. The molecule has 2 aliphatic rings. The normalized spacial score (nSPS) is 23.5. The molecule has 3 N–H and O–H groups in total. The Morgan fingerprint density at radius 1 is 0.830 bits per heavy atom. The number of nitrogens with one attached hydrogen (secondary N) is 2. The highest BCUT2D eigenvalue weighted by Crippen LogP contribution is 2.36. The molecule has 2 rings (SSSR count). The topological polar surface area (TPSA) is 114 Å². The van der Waals surface area contributed by atoms with Gasteiger partial charge in [-0.1, -0.05) is 130 Å². The fraction of sp³-hybridized carbons (Fsp3) is 0.923. The summed E-state index contributed by atoms with van der Waals surface area (Å²) >= 11 is 0. The van der Waals surface area contributed by atoms with Crippen LogP contribution in [0.1, 0.15) is 183 Å². The summed E-state index contributed by atoms with van der Waals surface area (Å²) in [5, 5.41) is 15.9. The van der Waals surface area contributed by atoms with Crippen molar-refractivity contribution in [3.05, 3.63) is 0 Å². The highest BCUT2D eigenvalue weighted by molar-refractivity contribution is 5.83. The zero-order valence-corrected chi connectivity index (χ0v) is 31.1. The Balaban J connectivity index is 1.58. The number of amides is 2. The predicted molar refractivity (Wildman–Crippen MR) is 190 cm³/mol. The van der Waals surface area contributed by atoms with Gasteiger partial charge in [0.15, 0.2) is 5.79 Å². The maximum Gasteiger partial charge on any atom is 0.305 e. The summed E-state index contributed by atoms with van der Waals surface area (Å²) in [6.45, 7) is 12.5. The second kappa shape index (κ2) is 22.1. The molecule has 2 amide bonds. The summed E-state index contributed by atoms with van der Waals surface area (Å²) in [6, 6.07) is -0.502. The van der Waals surface area contributed by atoms with Crippen LogP contribution in [0.2, 0.25) is 0 Å². The smallest absolute Gasteiger partial charge is 0.305 e. The number of ether oxygens (including phenoxy) is 2. The van der Waals surface area contributed by atoms with E-state index >= 15 is 0 Å². The van der Waals surface area contributed by atoms with Crippen LogP contribution >= 0.6 is 0 Å². The second-order valence-corrected chi connectivity index (χ2v) is 16.1. The van der Waals surface area contributed by atoms with Gasteiger partial charge in [0.1, 0.15) is 6.10 Å². The SMILES string of the molecule is CCCC(C)CCCCCCCCCCCCCCCC(=O)NC1CCCC(C(CC(=O)O)NC(=O)C2OC(C)(C)OCC2(C)C)C1. The first-order valence-electron chi connectivity index (χ1n) is 19.5. The van der Waals surface area contributed by atoms with Gasteiger partial charge in [0.2, 0.25) is 11.8 Å². The molecule has 0 spiro atoms. The van der Waals surface area contributed by atoms with Gasteiger partial charge in [-0.3, -0.25) is 14.4 Å². The predicted octanol–water partition coefficient (Wildman–Crippen LogP) is 9.09. The van der Waals surface area contributed by atoms with Crippen LogP contribution in [0, 0.1) is 17.3 Å². The van der Waals surface area contributed by atoms with Gasteiger partial charge >= 0.3 is 5.97 Å². The third-order valence-corrected chi connectivity index (χ3v) is 10.4. The van der Waals surface area contributed by atoms with Crippen LogP contribution in [-0.2, 0) is 23.9 Å². The van der Waals surface area contributed by atoms with Crippen LogP contribution in [0.4, 0.5) is 0 Å². The van der Waals surface area contributed by atoms with E-state index in [9.17, 15) is 19.5 Å². The zero-order valence-electron chi connectivity index (χ0n) is 31.1. The number of carbonyl (C=O) groups excluding carboxylic acids is 2. The van der Waals surface area contributed by atoms with Gasteiger partial charge in [-0.25, -0.2) is 0 Å². The van der Waals surface area contributed by atoms with Crippen LogP contribution in [-0.4, -0.2) is 53.5 Å². The molecule has 1 aliphatic heterocycles. The second-order valence-electron chi connectivity index (χ2n) is 16.1. The van der Waals surface area contributed by atoms with Crippen molar-refractivity contribution in [1.29, 1.82) is 0 Å². The molecule has 1 heterocycles. The molecule has 0 bridgehead atoms. The number of carboxylic acids is 1. The molecule has 0 aromatic carbocycles. The lowest BCUT2D eigenvalue weighted by atomic mass is 9.79. The highest BCUT2D eigenvalue weighted by atomic mass is 16.7. The number of unbranched alkanes of at least 4 members (excludes halogenated alkanes) is 12. The van der Waals surface area contributed by atoms with Crippen LogP contribution in [0.5, 0.6) is 0 Å². The number of rotatable bonds is 24. The minimum atomic E-state index is -0.942. The van der Waals surface area contributed by atoms with E-state index in [1.165, 1.54) is 89.9 Å². The molecule has 47 heavy (non-hydrogen) atoms. The average Bonchev–Trinajstić information content (AvgIpc) is 3.00. The van der Waals surface area contributed by atoms with Crippen LogP contribution in [0.15, 0.2) is 0 Å². The molecule has 5 atom stereocenters. The molecule has 0 aromatic heterocycles. The fourth-order valence-electron chi connectivity index (χ4n) is 7.49. The van der Waals surface area contributed by atoms with E-state index < -0.39 is 29.3 Å². The minimum Gasteiger partial charge on any atom is -0.481 e. The van der Waals surface area contributed by atoms with Gasteiger partial charge in [0.05, 0.1) is 13.0 Å². The van der Waals surface area contributed by atoms with Gasteiger partial charge in [-0.2, -0.15) is 0 Å². The van der Waals surface area contributed by atoms with Crippen molar-refractivity contribution in [2.45, 2.75) is 207 Å². The first kappa shape index (κ1) is 41.5. The van der Waals surface area contributed by atoms with Gasteiger partial charge in [-0.15, -0.1) is 0 Å². The first-order valence-corrected chi connectivity index (χ1v) is 19.5. The molecule has 1 aliphatic carbocycles. The van der Waals surface area contributed by atoms with E-state index in [1.54, 1.807) is 13.8 Å². The summed E-state index contributed by atoms with van der Waals surface area (Å²) in [5.74, 6) is -1.15. The lowest BCUT2D eigenvalue weighted by molar-refractivity contribution is -0.304. The van der Waals surface area contributed by atoms with Crippen molar-refractivity contribution in [2.24, 2.45) is 17.3 Å². The average molecular weight is 665 g/mol. The van der Waals surface area contributed by atoms with Crippen LogP contribution < -0.4 is 10.6 Å². The maximum atomic E-state index is 13.4. The summed E-state index contributed by atoms with van der Waals surface area (Å²) in [5.41, 5.74) is -0.540. The summed E-state index contributed by atoms with van der Waals surface area (Å²) in [7, 11) is 0. The summed E-state index contributed by atoms with van der Waals surface area (Å²) in [4.78, 5) is 37.9. The zero-order chi connectivity index (χ0) is 34.7. The minimum absolute atomic E-state index is 0.0126. The number of hydrogen-bond acceptors (Lipinski definition) is 5. The fourth-order valence-corrected chi connectivity index (χ4v) is 7.49. The third-order valence-electron chi connectivity index (χ3n) is 10.4. The van der Waals surface area contributed by atoms with Crippen molar-refractivity contribution in [1.82, 2.24) is 10.6 Å². The lowest BCUT2D eigenvalue weighted by Crippen LogP contribution is -2.59.